The fourth-order valence-corrected chi connectivity index (χ4v) is 8.21. The van der Waals surface area contributed by atoms with Gasteiger partial charge in [0, 0.05) is 42.0 Å². The zero-order chi connectivity index (χ0) is 29.6. The normalized spacial score (nSPS) is 26.8. The van der Waals surface area contributed by atoms with Crippen molar-refractivity contribution < 1.29 is 23.8 Å². The number of amides is 1. The summed E-state index contributed by atoms with van der Waals surface area (Å²) in [5.41, 5.74) is 3.16. The highest BCUT2D eigenvalue weighted by Gasteiger charge is 2.66. The number of ether oxygens (including phenoxy) is 3. The third kappa shape index (κ3) is 4.76. The summed E-state index contributed by atoms with van der Waals surface area (Å²) in [4.78, 5) is 29.9. The molecule has 1 saturated heterocycles. The first-order valence-electron chi connectivity index (χ1n) is 15.1. The molecule has 7 heteroatoms. The van der Waals surface area contributed by atoms with Crippen LogP contribution in [-0.2, 0) is 26.2 Å². The van der Waals surface area contributed by atoms with Gasteiger partial charge < -0.3 is 19.1 Å². The highest BCUT2D eigenvalue weighted by Crippen LogP contribution is 2.64. The number of benzene rings is 2. The molecule has 6 rings (SSSR count). The molecule has 0 aromatic heterocycles. The van der Waals surface area contributed by atoms with Gasteiger partial charge in [0.2, 0.25) is 0 Å². The van der Waals surface area contributed by atoms with Gasteiger partial charge in [0.1, 0.15) is 11.9 Å². The van der Waals surface area contributed by atoms with Crippen molar-refractivity contribution in [3.8, 4) is 23.3 Å². The maximum atomic E-state index is 13.8. The minimum Gasteiger partial charge on any atom is -0.493 e. The molecule has 2 aromatic rings. The Bertz CT molecular complexity index is 1460. The average Bonchev–Trinajstić information content (AvgIpc) is 3.31. The van der Waals surface area contributed by atoms with Crippen molar-refractivity contribution >= 4 is 11.9 Å². The van der Waals surface area contributed by atoms with Crippen molar-refractivity contribution in [2.75, 3.05) is 26.7 Å². The van der Waals surface area contributed by atoms with E-state index < -0.39 is 0 Å². The molecule has 2 aliphatic carbocycles. The molecule has 1 amide bonds. The second-order valence-electron chi connectivity index (χ2n) is 12.6. The lowest BCUT2D eigenvalue weighted by molar-refractivity contribution is -0.140. The summed E-state index contributed by atoms with van der Waals surface area (Å²) in [5, 5.41) is 0. The quantitative estimate of drug-likeness (QED) is 0.274. The number of hydrogen-bond donors (Lipinski definition) is 0. The Morgan fingerprint density at radius 3 is 2.69 bits per heavy atom. The first-order chi connectivity index (χ1) is 20.2. The van der Waals surface area contributed by atoms with Crippen LogP contribution in [-0.4, -0.2) is 66.6 Å². The third-order valence-corrected chi connectivity index (χ3v) is 9.58. The predicted molar refractivity (Wildman–Crippen MR) is 160 cm³/mol. The van der Waals surface area contributed by atoms with Gasteiger partial charge in [-0.1, -0.05) is 50.6 Å². The van der Waals surface area contributed by atoms with Crippen molar-refractivity contribution in [1.82, 2.24) is 9.80 Å². The van der Waals surface area contributed by atoms with Crippen molar-refractivity contribution in [2.24, 2.45) is 11.8 Å². The Kier molecular flexibility index (Phi) is 7.53. The minimum absolute atomic E-state index is 0.104. The fraction of sp³-hybridized carbons (Fsp3) is 0.486. The number of rotatable bonds is 7. The Hall–Kier alpha value is -3.76. The van der Waals surface area contributed by atoms with Gasteiger partial charge in [0.25, 0.3) is 5.91 Å². The van der Waals surface area contributed by atoms with E-state index in [2.05, 4.69) is 43.2 Å². The molecule has 2 heterocycles. The molecule has 0 unspecified atom stereocenters. The lowest BCUT2D eigenvalue weighted by Gasteiger charge is -2.60. The number of methoxy groups -OCH3 is 1. The Balaban J connectivity index is 1.38. The monoisotopic (exact) mass is 568 g/mol. The van der Waals surface area contributed by atoms with Gasteiger partial charge >= 0.3 is 5.97 Å². The molecule has 7 nitrogen and oxygen atoms in total. The summed E-state index contributed by atoms with van der Waals surface area (Å²) in [7, 11) is 1.69. The molecule has 2 aromatic carbocycles. The van der Waals surface area contributed by atoms with E-state index in [9.17, 15) is 9.59 Å². The average molecular weight is 569 g/mol. The molecule has 4 aliphatic rings. The molecule has 220 valence electrons. The summed E-state index contributed by atoms with van der Waals surface area (Å²) in [6.45, 7) is 11.7. The van der Waals surface area contributed by atoms with E-state index in [0.29, 0.717) is 24.8 Å². The van der Waals surface area contributed by atoms with E-state index in [1.165, 1.54) is 18.1 Å². The van der Waals surface area contributed by atoms with E-state index >= 15 is 0 Å². The standard InChI is InChI=1S/C35H40N2O5/c1-22(2)20-37(31(39)16-11-25-9-7-6-8-10-25)28-14-13-27-29-19-26-12-15-30(40-5)33-32(26)35(27,34(28)42-33)17-18-36(29)21-23(3)41-24(4)38/h6-10,12,15,22,27-29,34H,3,13-14,17-21H2,1-2,4-5H3/t27-,28-,29+,34-,35-/m0/s1. The maximum absolute atomic E-state index is 13.8. The maximum Gasteiger partial charge on any atom is 0.307 e. The van der Waals surface area contributed by atoms with Crippen LogP contribution in [0.25, 0.3) is 0 Å². The lowest BCUT2D eigenvalue weighted by atomic mass is 9.51. The predicted octanol–water partition coefficient (Wildman–Crippen LogP) is 4.72. The van der Waals surface area contributed by atoms with Crippen molar-refractivity contribution in [3.05, 3.63) is 71.5 Å². The number of piperidine rings is 1. The number of carbonyl (C=O) groups is 2. The van der Waals surface area contributed by atoms with Crippen molar-refractivity contribution in [2.45, 2.75) is 70.1 Å². The van der Waals surface area contributed by atoms with Crippen LogP contribution in [0.3, 0.4) is 0 Å². The Labute approximate surface area is 248 Å². The highest BCUT2D eigenvalue weighted by atomic mass is 16.5. The molecule has 42 heavy (non-hydrogen) atoms. The second-order valence-corrected chi connectivity index (χ2v) is 12.6. The number of likely N-dealkylation sites (tertiary alicyclic amines) is 1. The van der Waals surface area contributed by atoms with Crippen LogP contribution < -0.4 is 9.47 Å². The summed E-state index contributed by atoms with van der Waals surface area (Å²) in [5.74, 6) is 8.26. The van der Waals surface area contributed by atoms with Crippen molar-refractivity contribution in [3.63, 3.8) is 0 Å². The Morgan fingerprint density at radius 1 is 1.19 bits per heavy atom. The van der Waals surface area contributed by atoms with Crippen LogP contribution >= 0.6 is 0 Å². The molecule has 0 radical (unpaired) electrons. The largest absolute Gasteiger partial charge is 0.493 e. The highest BCUT2D eigenvalue weighted by molar-refractivity contribution is 5.94. The lowest BCUT2D eigenvalue weighted by Crippen LogP contribution is -2.69. The summed E-state index contributed by atoms with van der Waals surface area (Å²) >= 11 is 0. The van der Waals surface area contributed by atoms with E-state index in [4.69, 9.17) is 14.2 Å². The SMILES string of the molecule is C=C(CN1CC[C@]23c4c5ccc(OC)c4O[C@H]2[C@@H](N(CC(C)C)C(=O)C#Cc2ccccc2)CC[C@H]3[C@H]1C5)OC(C)=O. The minimum atomic E-state index is -0.339. The second kappa shape index (κ2) is 11.1. The number of carbonyl (C=O) groups excluding carboxylic acids is 2. The van der Waals surface area contributed by atoms with Gasteiger partial charge in [0.05, 0.1) is 19.7 Å². The topological polar surface area (TPSA) is 68.3 Å². The van der Waals surface area contributed by atoms with Crippen LogP contribution in [0.15, 0.2) is 54.8 Å². The van der Waals surface area contributed by atoms with Crippen molar-refractivity contribution in [1.29, 1.82) is 0 Å². The molecule has 2 fully saturated rings. The number of hydrogen-bond acceptors (Lipinski definition) is 6. The molecule has 2 bridgehead atoms. The zero-order valence-electron chi connectivity index (χ0n) is 25.0. The van der Waals surface area contributed by atoms with Gasteiger partial charge in [0.15, 0.2) is 11.5 Å². The van der Waals surface area contributed by atoms with Gasteiger partial charge in [-0.15, -0.1) is 0 Å². The first-order valence-corrected chi connectivity index (χ1v) is 15.1. The molecule has 1 spiro atoms. The van der Waals surface area contributed by atoms with Gasteiger partial charge in [-0.3, -0.25) is 14.5 Å². The van der Waals surface area contributed by atoms with Crippen LogP contribution in [0.2, 0.25) is 0 Å². The summed E-state index contributed by atoms with van der Waals surface area (Å²) in [6.07, 6.45) is 3.39. The molecule has 1 saturated carbocycles. The van der Waals surface area contributed by atoms with Gasteiger partial charge in [-0.25, -0.2) is 0 Å². The molecule has 2 aliphatic heterocycles. The van der Waals surface area contributed by atoms with Gasteiger partial charge in [-0.05, 0) is 67.8 Å². The van der Waals surface area contributed by atoms with Crippen LogP contribution in [0.1, 0.15) is 56.7 Å². The fourth-order valence-electron chi connectivity index (χ4n) is 8.21. The number of esters is 1. The van der Waals surface area contributed by atoms with Gasteiger partial charge in [-0.2, -0.15) is 0 Å². The Morgan fingerprint density at radius 2 is 1.98 bits per heavy atom. The molecule has 0 N–H and O–H groups in total. The van der Waals surface area contributed by atoms with E-state index in [1.807, 2.05) is 41.3 Å². The van der Waals surface area contributed by atoms with E-state index in [-0.39, 0.29) is 41.4 Å². The van der Waals surface area contributed by atoms with E-state index in [0.717, 1.165) is 49.3 Å². The number of nitrogens with zero attached hydrogens (tertiary/aromatic N) is 2. The third-order valence-electron chi connectivity index (χ3n) is 9.58. The van der Waals surface area contributed by atoms with Crippen LogP contribution in [0.4, 0.5) is 0 Å². The zero-order valence-corrected chi connectivity index (χ0v) is 25.0. The summed E-state index contributed by atoms with van der Waals surface area (Å²) in [6, 6.07) is 14.0. The smallest absolute Gasteiger partial charge is 0.307 e. The van der Waals surface area contributed by atoms with Crippen LogP contribution in [0, 0.1) is 23.7 Å². The first kappa shape index (κ1) is 28.4. The molecule has 5 atom stereocenters. The molecular formula is C35H40N2O5. The molecular weight excluding hydrogens is 528 g/mol. The summed E-state index contributed by atoms with van der Waals surface area (Å²) < 4.78 is 18.2. The van der Waals surface area contributed by atoms with E-state index in [1.54, 1.807) is 7.11 Å². The van der Waals surface area contributed by atoms with Crippen LogP contribution in [0.5, 0.6) is 11.5 Å².